The number of rotatable bonds is 7. The first-order chi connectivity index (χ1) is 6.48. The number of halogens is 1. The Kier molecular flexibility index (Phi) is 6.40. The summed E-state index contributed by atoms with van der Waals surface area (Å²) in [6.45, 7) is 3.55. The number of aliphatic hydroxyl groups is 1. The summed E-state index contributed by atoms with van der Waals surface area (Å²) in [6, 6.07) is 0. The van der Waals surface area contributed by atoms with Crippen LogP contribution in [0.5, 0.6) is 0 Å². The molecule has 2 N–H and O–H groups in total. The summed E-state index contributed by atoms with van der Waals surface area (Å²) in [5.74, 6) is -0.611. The van der Waals surface area contributed by atoms with E-state index in [2.05, 4.69) is 5.32 Å². The molecular formula is C9H18FNO3. The highest BCUT2D eigenvalue weighted by molar-refractivity contribution is 5.83. The fourth-order valence-corrected chi connectivity index (χ4v) is 0.753. The van der Waals surface area contributed by atoms with Gasteiger partial charge in [-0.15, -0.1) is 0 Å². The number of ether oxygens (including phenoxy) is 1. The van der Waals surface area contributed by atoms with Crippen LogP contribution in [-0.2, 0) is 9.53 Å². The maximum absolute atomic E-state index is 12.9. The largest absolute Gasteiger partial charge is 0.394 e. The zero-order chi connectivity index (χ0) is 11.0. The van der Waals surface area contributed by atoms with Crippen LogP contribution in [0, 0.1) is 0 Å². The van der Waals surface area contributed by atoms with E-state index in [-0.39, 0.29) is 6.61 Å². The molecule has 0 aliphatic rings. The predicted octanol–water partition coefficient (Wildman–Crippen LogP) is 0.250. The minimum Gasteiger partial charge on any atom is -0.394 e. The molecule has 0 aromatic carbocycles. The van der Waals surface area contributed by atoms with E-state index >= 15 is 0 Å². The van der Waals surface area contributed by atoms with Crippen LogP contribution in [0.15, 0.2) is 0 Å². The van der Waals surface area contributed by atoms with Crippen molar-refractivity contribution in [2.24, 2.45) is 0 Å². The van der Waals surface area contributed by atoms with Gasteiger partial charge < -0.3 is 15.2 Å². The van der Waals surface area contributed by atoms with Crippen LogP contribution in [0.2, 0.25) is 0 Å². The summed E-state index contributed by atoms with van der Waals surface area (Å²) < 4.78 is 17.9. The fourth-order valence-electron chi connectivity index (χ4n) is 0.753. The smallest absolute Gasteiger partial charge is 0.257 e. The van der Waals surface area contributed by atoms with Crippen molar-refractivity contribution in [2.45, 2.75) is 25.9 Å². The molecule has 0 saturated carbocycles. The fraction of sp³-hybridized carbons (Fsp3) is 0.889. The summed E-state index contributed by atoms with van der Waals surface area (Å²) in [6.07, 6.45) is 0.613. The Bertz CT molecular complexity index is 168. The van der Waals surface area contributed by atoms with Crippen molar-refractivity contribution in [2.75, 3.05) is 26.4 Å². The lowest BCUT2D eigenvalue weighted by atomic mass is 10.1. The van der Waals surface area contributed by atoms with Gasteiger partial charge in [0, 0.05) is 13.2 Å². The lowest BCUT2D eigenvalue weighted by molar-refractivity contribution is -0.130. The Hall–Kier alpha value is -0.680. The molecule has 0 saturated heterocycles. The van der Waals surface area contributed by atoms with E-state index in [9.17, 15) is 9.18 Å². The van der Waals surface area contributed by atoms with E-state index < -0.39 is 11.6 Å². The number of nitrogens with one attached hydrogen (secondary N) is 1. The van der Waals surface area contributed by atoms with Crippen molar-refractivity contribution < 1.29 is 19.0 Å². The SMILES string of the molecule is CC(C)(F)C(=O)NCCCOCCO. The van der Waals surface area contributed by atoms with Gasteiger partial charge in [0.2, 0.25) is 0 Å². The Balaban J connectivity index is 3.33. The third-order valence-electron chi connectivity index (χ3n) is 1.53. The number of alkyl halides is 1. The molecule has 0 spiro atoms. The number of aliphatic hydroxyl groups excluding tert-OH is 1. The van der Waals surface area contributed by atoms with Gasteiger partial charge in [0.05, 0.1) is 13.2 Å². The first kappa shape index (κ1) is 13.3. The molecule has 0 radical (unpaired) electrons. The average Bonchev–Trinajstić information content (AvgIpc) is 2.09. The molecule has 14 heavy (non-hydrogen) atoms. The molecule has 0 rings (SSSR count). The highest BCUT2D eigenvalue weighted by Gasteiger charge is 2.25. The predicted molar refractivity (Wildman–Crippen MR) is 50.7 cm³/mol. The third-order valence-corrected chi connectivity index (χ3v) is 1.53. The molecule has 0 aliphatic carbocycles. The molecule has 0 aromatic rings. The van der Waals surface area contributed by atoms with Crippen molar-refractivity contribution in [1.82, 2.24) is 5.32 Å². The van der Waals surface area contributed by atoms with Gasteiger partial charge in [-0.05, 0) is 20.3 Å². The molecule has 5 heteroatoms. The van der Waals surface area contributed by atoms with Gasteiger partial charge in [-0.2, -0.15) is 0 Å². The van der Waals surface area contributed by atoms with E-state index in [0.717, 1.165) is 0 Å². The second-order valence-electron chi connectivity index (χ2n) is 3.42. The van der Waals surface area contributed by atoms with Gasteiger partial charge in [0.15, 0.2) is 5.67 Å². The Morgan fingerprint density at radius 3 is 2.64 bits per heavy atom. The molecule has 1 amide bonds. The van der Waals surface area contributed by atoms with Gasteiger partial charge in [-0.25, -0.2) is 4.39 Å². The van der Waals surface area contributed by atoms with E-state index in [4.69, 9.17) is 9.84 Å². The van der Waals surface area contributed by atoms with Crippen LogP contribution in [0.4, 0.5) is 4.39 Å². The van der Waals surface area contributed by atoms with Crippen LogP contribution >= 0.6 is 0 Å². The summed E-state index contributed by atoms with van der Waals surface area (Å²) in [5.41, 5.74) is -1.83. The third kappa shape index (κ3) is 6.80. The molecule has 4 nitrogen and oxygen atoms in total. The van der Waals surface area contributed by atoms with Gasteiger partial charge in [-0.3, -0.25) is 4.79 Å². The van der Waals surface area contributed by atoms with Gasteiger partial charge >= 0.3 is 0 Å². The average molecular weight is 207 g/mol. The molecule has 0 heterocycles. The number of hydrogen-bond donors (Lipinski definition) is 2. The zero-order valence-corrected chi connectivity index (χ0v) is 8.68. The maximum Gasteiger partial charge on any atom is 0.257 e. The van der Waals surface area contributed by atoms with E-state index in [0.29, 0.717) is 26.2 Å². The highest BCUT2D eigenvalue weighted by atomic mass is 19.1. The second-order valence-corrected chi connectivity index (χ2v) is 3.42. The standard InChI is InChI=1S/C9H18FNO3/c1-9(2,10)8(13)11-4-3-6-14-7-5-12/h12H,3-7H2,1-2H3,(H,11,13). The van der Waals surface area contributed by atoms with Crippen molar-refractivity contribution in [3.63, 3.8) is 0 Å². The molecule has 0 aliphatic heterocycles. The number of carbonyl (C=O) groups excluding carboxylic acids is 1. The Morgan fingerprint density at radius 1 is 1.50 bits per heavy atom. The molecule has 0 aromatic heterocycles. The molecule has 0 fully saturated rings. The second kappa shape index (κ2) is 6.73. The summed E-state index contributed by atoms with van der Waals surface area (Å²) in [4.78, 5) is 11.0. The van der Waals surface area contributed by atoms with Crippen molar-refractivity contribution in [1.29, 1.82) is 0 Å². The van der Waals surface area contributed by atoms with Crippen molar-refractivity contribution >= 4 is 5.91 Å². The normalized spacial score (nSPS) is 11.4. The van der Waals surface area contributed by atoms with Gasteiger partial charge in [0.25, 0.3) is 5.91 Å². The van der Waals surface area contributed by atoms with Crippen LogP contribution < -0.4 is 5.32 Å². The number of hydrogen-bond acceptors (Lipinski definition) is 3. The highest BCUT2D eigenvalue weighted by Crippen LogP contribution is 2.06. The first-order valence-electron chi connectivity index (χ1n) is 4.64. The molecule has 84 valence electrons. The molecule has 0 bridgehead atoms. The first-order valence-corrected chi connectivity index (χ1v) is 4.64. The maximum atomic E-state index is 12.9. The summed E-state index contributed by atoms with van der Waals surface area (Å²) in [7, 11) is 0. The number of carbonyl (C=O) groups is 1. The number of amides is 1. The van der Waals surface area contributed by atoms with Crippen LogP contribution in [-0.4, -0.2) is 43.0 Å². The van der Waals surface area contributed by atoms with E-state index in [1.165, 1.54) is 13.8 Å². The van der Waals surface area contributed by atoms with E-state index in [1.54, 1.807) is 0 Å². The van der Waals surface area contributed by atoms with Crippen LogP contribution in [0.25, 0.3) is 0 Å². The lowest BCUT2D eigenvalue weighted by Gasteiger charge is -2.13. The van der Waals surface area contributed by atoms with Gasteiger partial charge in [0.1, 0.15) is 0 Å². The zero-order valence-electron chi connectivity index (χ0n) is 8.68. The molecule has 0 atom stereocenters. The van der Waals surface area contributed by atoms with Crippen molar-refractivity contribution in [3.05, 3.63) is 0 Å². The minimum absolute atomic E-state index is 0.0100. The Labute approximate surface area is 83.4 Å². The summed E-state index contributed by atoms with van der Waals surface area (Å²) in [5, 5.41) is 10.8. The minimum atomic E-state index is -1.83. The van der Waals surface area contributed by atoms with Crippen molar-refractivity contribution in [3.8, 4) is 0 Å². The van der Waals surface area contributed by atoms with Crippen LogP contribution in [0.1, 0.15) is 20.3 Å². The molecule has 0 unspecified atom stereocenters. The topological polar surface area (TPSA) is 58.6 Å². The summed E-state index contributed by atoms with van der Waals surface area (Å²) >= 11 is 0. The quantitative estimate of drug-likeness (QED) is 0.588. The monoisotopic (exact) mass is 207 g/mol. The van der Waals surface area contributed by atoms with Crippen LogP contribution in [0.3, 0.4) is 0 Å². The van der Waals surface area contributed by atoms with E-state index in [1.807, 2.05) is 0 Å². The Morgan fingerprint density at radius 2 is 2.14 bits per heavy atom. The van der Waals surface area contributed by atoms with Gasteiger partial charge in [-0.1, -0.05) is 0 Å². The lowest BCUT2D eigenvalue weighted by Crippen LogP contribution is -2.39. The molecular weight excluding hydrogens is 189 g/mol.